The predicted molar refractivity (Wildman–Crippen MR) is 62.3 cm³/mol. The molecule has 1 N–H and O–H groups in total. The van der Waals surface area contributed by atoms with Gasteiger partial charge in [0.2, 0.25) is 5.91 Å². The van der Waals surface area contributed by atoms with Crippen LogP contribution in [0, 0.1) is 5.82 Å². The predicted octanol–water partition coefficient (Wildman–Crippen LogP) is 1.56. The first kappa shape index (κ1) is 12.0. The van der Waals surface area contributed by atoms with Gasteiger partial charge in [0.15, 0.2) is 0 Å². The molecule has 0 spiro atoms. The molecule has 1 aromatic rings. The van der Waals surface area contributed by atoms with Gasteiger partial charge in [0.25, 0.3) is 0 Å². The van der Waals surface area contributed by atoms with E-state index in [1.165, 1.54) is 11.0 Å². The van der Waals surface area contributed by atoms with E-state index in [1.807, 2.05) is 0 Å². The van der Waals surface area contributed by atoms with Crippen LogP contribution in [0.5, 0.6) is 0 Å². The summed E-state index contributed by atoms with van der Waals surface area (Å²) >= 11 is 3.15. The minimum atomic E-state index is -0.527. The van der Waals surface area contributed by atoms with Crippen LogP contribution >= 0.6 is 15.9 Å². The van der Waals surface area contributed by atoms with Crippen LogP contribution in [-0.4, -0.2) is 23.5 Å². The Morgan fingerprint density at radius 3 is 2.94 bits per heavy atom. The molecule has 17 heavy (non-hydrogen) atoms. The zero-order chi connectivity index (χ0) is 12.4. The second kappa shape index (κ2) is 4.79. The van der Waals surface area contributed by atoms with E-state index in [9.17, 15) is 14.0 Å². The molecule has 0 unspecified atom stereocenters. The van der Waals surface area contributed by atoms with Crippen molar-refractivity contribution in [3.05, 3.63) is 23.6 Å². The number of urea groups is 1. The van der Waals surface area contributed by atoms with Crippen LogP contribution in [0.15, 0.2) is 12.3 Å². The third-order valence-electron chi connectivity index (χ3n) is 2.39. The van der Waals surface area contributed by atoms with Gasteiger partial charge in [-0.1, -0.05) is 15.9 Å². The van der Waals surface area contributed by atoms with Crippen LogP contribution in [0.2, 0.25) is 0 Å². The Balaban J connectivity index is 2.28. The Labute approximate surface area is 105 Å². The van der Waals surface area contributed by atoms with E-state index < -0.39 is 11.8 Å². The number of amides is 3. The van der Waals surface area contributed by atoms with Crippen LogP contribution in [0.4, 0.5) is 15.0 Å². The lowest BCUT2D eigenvalue weighted by atomic mass is 10.2. The number of nitrogens with zero attached hydrogens (tertiary/aromatic N) is 2. The normalized spacial score (nSPS) is 16.0. The highest BCUT2D eigenvalue weighted by Gasteiger charge is 2.25. The minimum absolute atomic E-state index is 0.217. The van der Waals surface area contributed by atoms with Gasteiger partial charge in [-0.25, -0.2) is 14.2 Å². The van der Waals surface area contributed by atoms with Gasteiger partial charge in [-0.15, -0.1) is 0 Å². The number of pyridine rings is 1. The molecule has 1 saturated heterocycles. The number of nitrogens with one attached hydrogen (secondary N) is 1. The maximum atomic E-state index is 13.2. The number of hydrogen-bond acceptors (Lipinski definition) is 3. The Bertz CT molecular complexity index is 481. The second-order valence-corrected chi connectivity index (χ2v) is 4.08. The van der Waals surface area contributed by atoms with E-state index in [2.05, 4.69) is 26.2 Å². The quantitative estimate of drug-likeness (QED) is 0.843. The zero-order valence-corrected chi connectivity index (χ0v) is 10.3. The fraction of sp³-hybridized carbons (Fsp3) is 0.300. The Kier molecular flexibility index (Phi) is 3.37. The summed E-state index contributed by atoms with van der Waals surface area (Å²) in [4.78, 5) is 27.7. The van der Waals surface area contributed by atoms with Gasteiger partial charge in [-0.05, 0) is 6.07 Å². The summed E-state index contributed by atoms with van der Waals surface area (Å²) in [5.74, 6) is -0.404. The van der Waals surface area contributed by atoms with Crippen LogP contribution in [-0.2, 0) is 10.1 Å². The molecule has 0 bridgehead atoms. The summed E-state index contributed by atoms with van der Waals surface area (Å²) in [5.41, 5.74) is 0.416. The van der Waals surface area contributed by atoms with Gasteiger partial charge >= 0.3 is 6.03 Å². The molecule has 1 fully saturated rings. The first-order valence-electron chi connectivity index (χ1n) is 4.93. The van der Waals surface area contributed by atoms with E-state index in [0.29, 0.717) is 16.7 Å². The molecule has 2 heterocycles. The summed E-state index contributed by atoms with van der Waals surface area (Å²) in [6.07, 6.45) is 1.28. The number of alkyl halides is 1. The number of rotatable bonds is 2. The van der Waals surface area contributed by atoms with Gasteiger partial charge in [-0.2, -0.15) is 0 Å². The van der Waals surface area contributed by atoms with Crippen molar-refractivity contribution < 1.29 is 14.0 Å². The number of carbonyl (C=O) groups excluding carboxylic acids is 2. The summed E-state index contributed by atoms with van der Waals surface area (Å²) < 4.78 is 13.2. The van der Waals surface area contributed by atoms with Crippen LogP contribution in [0.25, 0.3) is 0 Å². The van der Waals surface area contributed by atoms with E-state index in [0.717, 1.165) is 6.20 Å². The molecular formula is C10H9BrFN3O2. The summed E-state index contributed by atoms with van der Waals surface area (Å²) in [7, 11) is 0. The number of hydrogen-bond donors (Lipinski definition) is 1. The lowest BCUT2D eigenvalue weighted by Crippen LogP contribution is -2.49. The topological polar surface area (TPSA) is 62.3 Å². The number of halogens is 2. The first-order valence-corrected chi connectivity index (χ1v) is 6.05. The molecule has 1 aliphatic rings. The average molecular weight is 302 g/mol. The largest absolute Gasteiger partial charge is 0.329 e. The SMILES string of the molecule is O=C1CCN(c2cc(CBr)c(F)cn2)C(=O)N1. The molecule has 90 valence electrons. The summed E-state index contributed by atoms with van der Waals surface area (Å²) in [6.45, 7) is 0.255. The van der Waals surface area contributed by atoms with Gasteiger partial charge in [0.1, 0.15) is 11.6 Å². The molecule has 2 rings (SSSR count). The number of imide groups is 1. The van der Waals surface area contributed by atoms with Crippen molar-refractivity contribution in [1.29, 1.82) is 0 Å². The highest BCUT2D eigenvalue weighted by atomic mass is 79.9. The van der Waals surface area contributed by atoms with E-state index in [4.69, 9.17) is 0 Å². The van der Waals surface area contributed by atoms with Crippen LogP contribution in [0.3, 0.4) is 0 Å². The third kappa shape index (κ3) is 2.44. The Morgan fingerprint density at radius 1 is 1.53 bits per heavy atom. The maximum Gasteiger partial charge on any atom is 0.329 e. The lowest BCUT2D eigenvalue weighted by molar-refractivity contribution is -0.120. The highest BCUT2D eigenvalue weighted by Crippen LogP contribution is 2.19. The van der Waals surface area contributed by atoms with Crippen molar-refractivity contribution in [2.24, 2.45) is 0 Å². The van der Waals surface area contributed by atoms with E-state index in [1.54, 1.807) is 0 Å². The monoisotopic (exact) mass is 301 g/mol. The molecule has 0 radical (unpaired) electrons. The standard InChI is InChI=1S/C10H9BrFN3O2/c11-4-6-3-8(13-5-7(6)12)15-2-1-9(16)14-10(15)17/h3,5H,1-2,4H2,(H,14,16,17). The molecule has 0 aliphatic carbocycles. The molecule has 7 heteroatoms. The van der Waals surface area contributed by atoms with Crippen molar-refractivity contribution in [3.63, 3.8) is 0 Å². The van der Waals surface area contributed by atoms with Gasteiger partial charge in [-0.3, -0.25) is 15.0 Å². The first-order chi connectivity index (χ1) is 8.11. The van der Waals surface area contributed by atoms with Crippen molar-refractivity contribution in [1.82, 2.24) is 10.3 Å². The van der Waals surface area contributed by atoms with Gasteiger partial charge in [0, 0.05) is 23.9 Å². The Hall–Kier alpha value is -1.50. The van der Waals surface area contributed by atoms with Crippen molar-refractivity contribution in [2.45, 2.75) is 11.8 Å². The summed E-state index contributed by atoms with van der Waals surface area (Å²) in [5, 5.41) is 2.52. The van der Waals surface area contributed by atoms with Crippen LogP contribution < -0.4 is 10.2 Å². The zero-order valence-electron chi connectivity index (χ0n) is 8.74. The third-order valence-corrected chi connectivity index (χ3v) is 3.00. The van der Waals surface area contributed by atoms with Gasteiger partial charge < -0.3 is 0 Å². The average Bonchev–Trinajstić information content (AvgIpc) is 2.30. The molecule has 1 aromatic heterocycles. The van der Waals surface area contributed by atoms with Crippen molar-refractivity contribution in [3.8, 4) is 0 Å². The number of carbonyl (C=O) groups is 2. The van der Waals surface area contributed by atoms with Crippen LogP contribution in [0.1, 0.15) is 12.0 Å². The molecule has 0 aromatic carbocycles. The van der Waals surface area contributed by atoms with Crippen molar-refractivity contribution in [2.75, 3.05) is 11.4 Å². The second-order valence-electron chi connectivity index (χ2n) is 3.52. The highest BCUT2D eigenvalue weighted by molar-refractivity contribution is 9.08. The maximum absolute atomic E-state index is 13.2. The van der Waals surface area contributed by atoms with Gasteiger partial charge in [0.05, 0.1) is 6.20 Å². The minimum Gasteiger partial charge on any atom is -0.278 e. The summed E-state index contributed by atoms with van der Waals surface area (Å²) in [6, 6.07) is 0.959. The van der Waals surface area contributed by atoms with E-state index >= 15 is 0 Å². The lowest BCUT2D eigenvalue weighted by Gasteiger charge is -2.25. The fourth-order valence-electron chi connectivity index (χ4n) is 1.50. The molecule has 1 aliphatic heterocycles. The molecule has 0 saturated carbocycles. The number of aromatic nitrogens is 1. The number of anilines is 1. The fourth-order valence-corrected chi connectivity index (χ4v) is 1.93. The molecule has 0 atom stereocenters. The molecular weight excluding hydrogens is 293 g/mol. The van der Waals surface area contributed by atoms with Crippen molar-refractivity contribution >= 4 is 33.7 Å². The smallest absolute Gasteiger partial charge is 0.278 e. The molecule has 3 amide bonds. The molecule has 5 nitrogen and oxygen atoms in total. The van der Waals surface area contributed by atoms with E-state index in [-0.39, 0.29) is 18.9 Å². The Morgan fingerprint density at radius 2 is 2.29 bits per heavy atom.